The van der Waals surface area contributed by atoms with Gasteiger partial charge in [-0.15, -0.1) is 0 Å². The molecule has 0 radical (unpaired) electrons. The Morgan fingerprint density at radius 2 is 2.00 bits per heavy atom. The number of aldehydes is 1. The molecule has 0 atom stereocenters. The van der Waals surface area contributed by atoms with Gasteiger partial charge >= 0.3 is 5.97 Å². The monoisotopic (exact) mass is 176 g/mol. The smallest absolute Gasteiger partial charge is 0.336 e. The number of rotatable bonds is 3. The molecule has 0 aliphatic rings. The van der Waals surface area contributed by atoms with E-state index in [9.17, 15) is 9.59 Å². The second-order valence-corrected chi connectivity index (χ2v) is 2.39. The molecular formula is C10H8O3. The Hall–Kier alpha value is -1.90. The summed E-state index contributed by atoms with van der Waals surface area (Å²) >= 11 is 0. The molecule has 1 rings (SSSR count). The standard InChI is InChI=1S/C10H8O3/c11-7-3-5-8-4-1-2-6-9(8)10(12)13/h1-7H,(H,12,13)/b5-3+. The molecule has 1 aromatic carbocycles. The molecule has 0 saturated carbocycles. The zero-order valence-corrected chi connectivity index (χ0v) is 6.81. The first-order chi connectivity index (χ1) is 6.25. The van der Waals surface area contributed by atoms with Crippen LogP contribution in [0.4, 0.5) is 0 Å². The first kappa shape index (κ1) is 9.19. The van der Waals surface area contributed by atoms with Crippen molar-refractivity contribution < 1.29 is 14.7 Å². The van der Waals surface area contributed by atoms with Gasteiger partial charge in [-0.25, -0.2) is 4.79 Å². The van der Waals surface area contributed by atoms with Crippen molar-refractivity contribution in [3.63, 3.8) is 0 Å². The lowest BCUT2D eigenvalue weighted by Gasteiger charge is -1.98. The second-order valence-electron chi connectivity index (χ2n) is 2.39. The highest BCUT2D eigenvalue weighted by Gasteiger charge is 2.05. The summed E-state index contributed by atoms with van der Waals surface area (Å²) in [4.78, 5) is 20.7. The number of allylic oxidation sites excluding steroid dienone is 1. The maximum absolute atomic E-state index is 10.7. The van der Waals surface area contributed by atoms with Gasteiger partial charge in [0.05, 0.1) is 5.56 Å². The average Bonchev–Trinajstić information content (AvgIpc) is 2.15. The van der Waals surface area contributed by atoms with Gasteiger partial charge in [-0.05, 0) is 17.7 Å². The van der Waals surface area contributed by atoms with Crippen molar-refractivity contribution in [1.82, 2.24) is 0 Å². The molecule has 1 N–H and O–H groups in total. The van der Waals surface area contributed by atoms with Crippen LogP contribution in [0.3, 0.4) is 0 Å². The van der Waals surface area contributed by atoms with E-state index in [4.69, 9.17) is 5.11 Å². The quantitative estimate of drug-likeness (QED) is 0.562. The summed E-state index contributed by atoms with van der Waals surface area (Å²) in [5, 5.41) is 8.74. The van der Waals surface area contributed by atoms with Crippen LogP contribution in [0.2, 0.25) is 0 Å². The number of hydrogen-bond acceptors (Lipinski definition) is 2. The van der Waals surface area contributed by atoms with E-state index in [1.165, 1.54) is 18.2 Å². The van der Waals surface area contributed by atoms with Gasteiger partial charge in [0, 0.05) is 0 Å². The molecule has 0 aromatic heterocycles. The fourth-order valence-electron chi connectivity index (χ4n) is 0.980. The highest BCUT2D eigenvalue weighted by atomic mass is 16.4. The molecule has 0 aliphatic heterocycles. The molecule has 1 aromatic rings. The van der Waals surface area contributed by atoms with Gasteiger partial charge in [0.1, 0.15) is 6.29 Å². The minimum absolute atomic E-state index is 0.195. The van der Waals surface area contributed by atoms with Gasteiger partial charge in [-0.1, -0.05) is 24.3 Å². The maximum atomic E-state index is 10.7. The molecule has 13 heavy (non-hydrogen) atoms. The molecule has 0 spiro atoms. The zero-order chi connectivity index (χ0) is 9.68. The lowest BCUT2D eigenvalue weighted by Crippen LogP contribution is -1.98. The van der Waals surface area contributed by atoms with Gasteiger partial charge in [-0.3, -0.25) is 4.79 Å². The van der Waals surface area contributed by atoms with Crippen LogP contribution in [-0.4, -0.2) is 17.4 Å². The molecule has 0 bridgehead atoms. The van der Waals surface area contributed by atoms with Crippen LogP contribution in [0.25, 0.3) is 6.08 Å². The average molecular weight is 176 g/mol. The Balaban J connectivity index is 3.11. The number of benzene rings is 1. The van der Waals surface area contributed by atoms with Crippen LogP contribution >= 0.6 is 0 Å². The molecule has 66 valence electrons. The summed E-state index contributed by atoms with van der Waals surface area (Å²) in [7, 11) is 0. The van der Waals surface area contributed by atoms with E-state index in [-0.39, 0.29) is 5.56 Å². The Bertz CT molecular complexity index is 353. The number of carbonyl (C=O) groups is 2. The number of carbonyl (C=O) groups excluding carboxylic acids is 1. The topological polar surface area (TPSA) is 54.4 Å². The third-order valence-corrected chi connectivity index (χ3v) is 1.55. The SMILES string of the molecule is O=C/C=C/c1ccccc1C(=O)O. The van der Waals surface area contributed by atoms with Crippen molar-refractivity contribution in [3.05, 3.63) is 41.5 Å². The minimum Gasteiger partial charge on any atom is -0.478 e. The highest BCUT2D eigenvalue weighted by molar-refractivity contribution is 5.93. The number of carboxylic acids is 1. The summed E-state index contributed by atoms with van der Waals surface area (Å²) in [6, 6.07) is 6.49. The number of carboxylic acid groups (broad SMARTS) is 1. The fraction of sp³-hybridized carbons (Fsp3) is 0. The molecule has 0 heterocycles. The largest absolute Gasteiger partial charge is 0.478 e. The van der Waals surface area contributed by atoms with Gasteiger partial charge in [0.2, 0.25) is 0 Å². The number of hydrogen-bond donors (Lipinski definition) is 1. The normalized spacial score (nSPS) is 10.2. The highest BCUT2D eigenvalue weighted by Crippen LogP contribution is 2.09. The Morgan fingerprint density at radius 3 is 2.62 bits per heavy atom. The first-order valence-corrected chi connectivity index (χ1v) is 3.70. The van der Waals surface area contributed by atoms with E-state index < -0.39 is 5.97 Å². The van der Waals surface area contributed by atoms with Crippen LogP contribution in [0.5, 0.6) is 0 Å². The summed E-state index contributed by atoms with van der Waals surface area (Å²) < 4.78 is 0. The van der Waals surface area contributed by atoms with E-state index in [2.05, 4.69) is 0 Å². The Labute approximate surface area is 75.3 Å². The Morgan fingerprint density at radius 1 is 1.31 bits per heavy atom. The molecule has 0 unspecified atom stereocenters. The van der Waals surface area contributed by atoms with Crippen molar-refractivity contribution in [3.8, 4) is 0 Å². The third kappa shape index (κ3) is 2.27. The van der Waals surface area contributed by atoms with Gasteiger partial charge in [-0.2, -0.15) is 0 Å². The molecular weight excluding hydrogens is 168 g/mol. The first-order valence-electron chi connectivity index (χ1n) is 3.70. The van der Waals surface area contributed by atoms with Crippen molar-refractivity contribution in [2.75, 3.05) is 0 Å². The van der Waals surface area contributed by atoms with E-state index >= 15 is 0 Å². The van der Waals surface area contributed by atoms with Crippen LogP contribution in [0, 0.1) is 0 Å². The molecule has 3 nitrogen and oxygen atoms in total. The van der Waals surface area contributed by atoms with Gasteiger partial charge in [0.15, 0.2) is 0 Å². The molecule has 0 fully saturated rings. The molecule has 3 heteroatoms. The zero-order valence-electron chi connectivity index (χ0n) is 6.81. The van der Waals surface area contributed by atoms with Crippen LogP contribution in [0.1, 0.15) is 15.9 Å². The van der Waals surface area contributed by atoms with Crippen molar-refractivity contribution in [2.45, 2.75) is 0 Å². The van der Waals surface area contributed by atoms with E-state index in [0.717, 1.165) is 0 Å². The van der Waals surface area contributed by atoms with Crippen molar-refractivity contribution in [2.24, 2.45) is 0 Å². The molecule has 0 saturated heterocycles. The second kappa shape index (κ2) is 4.21. The minimum atomic E-state index is -0.994. The predicted molar refractivity (Wildman–Crippen MR) is 48.5 cm³/mol. The molecule has 0 aliphatic carbocycles. The Kier molecular flexibility index (Phi) is 2.97. The van der Waals surface area contributed by atoms with Crippen molar-refractivity contribution >= 4 is 18.3 Å². The predicted octanol–water partition coefficient (Wildman–Crippen LogP) is 1.60. The lowest BCUT2D eigenvalue weighted by atomic mass is 10.1. The number of aromatic carboxylic acids is 1. The third-order valence-electron chi connectivity index (χ3n) is 1.55. The van der Waals surface area contributed by atoms with Gasteiger partial charge < -0.3 is 5.11 Å². The van der Waals surface area contributed by atoms with Crippen LogP contribution in [0.15, 0.2) is 30.3 Å². The lowest BCUT2D eigenvalue weighted by molar-refractivity contribution is -0.104. The summed E-state index contributed by atoms with van der Waals surface area (Å²) in [6.45, 7) is 0. The summed E-state index contributed by atoms with van der Waals surface area (Å²) in [6.07, 6.45) is 3.34. The van der Waals surface area contributed by atoms with E-state index in [1.807, 2.05) is 0 Å². The van der Waals surface area contributed by atoms with E-state index in [1.54, 1.807) is 18.2 Å². The maximum Gasteiger partial charge on any atom is 0.336 e. The van der Waals surface area contributed by atoms with Crippen LogP contribution in [-0.2, 0) is 4.79 Å². The van der Waals surface area contributed by atoms with Crippen LogP contribution < -0.4 is 0 Å². The summed E-state index contributed by atoms with van der Waals surface area (Å²) in [5.41, 5.74) is 0.725. The van der Waals surface area contributed by atoms with Gasteiger partial charge in [0.25, 0.3) is 0 Å². The summed E-state index contributed by atoms with van der Waals surface area (Å²) in [5.74, 6) is -0.994. The molecule has 0 amide bonds. The van der Waals surface area contributed by atoms with E-state index in [0.29, 0.717) is 11.8 Å². The van der Waals surface area contributed by atoms with Crippen molar-refractivity contribution in [1.29, 1.82) is 0 Å². The fourth-order valence-corrected chi connectivity index (χ4v) is 0.980.